The molecule has 0 aliphatic rings. The number of benzene rings is 3. The van der Waals surface area contributed by atoms with Gasteiger partial charge in [0, 0.05) is 23.9 Å². The lowest BCUT2D eigenvalue weighted by Gasteiger charge is -2.10. The van der Waals surface area contributed by atoms with E-state index in [4.69, 9.17) is 9.97 Å². The average molecular weight is 408 g/mol. The molecule has 0 unspecified atom stereocenters. The number of anilines is 1. The molecule has 6 heteroatoms. The second kappa shape index (κ2) is 7.65. The number of aryl methyl sites for hydroxylation is 1. The molecule has 31 heavy (non-hydrogen) atoms. The van der Waals surface area contributed by atoms with Crippen molar-refractivity contribution in [1.82, 2.24) is 14.5 Å². The molecule has 5 aromatic rings. The van der Waals surface area contributed by atoms with Gasteiger partial charge in [0.05, 0.1) is 22.2 Å². The number of fused-ring (bicyclic) bond motifs is 4. The summed E-state index contributed by atoms with van der Waals surface area (Å²) in [6.45, 7) is 1.94. The molecule has 0 aliphatic heterocycles. The normalized spacial score (nSPS) is 11.3. The predicted molar refractivity (Wildman–Crippen MR) is 122 cm³/mol. The van der Waals surface area contributed by atoms with Crippen molar-refractivity contribution in [2.24, 2.45) is 0 Å². The van der Waals surface area contributed by atoms with Gasteiger partial charge in [0.1, 0.15) is 5.52 Å². The number of hydrogen-bond donors (Lipinski definition) is 1. The smallest absolute Gasteiger partial charge is 0.226 e. The minimum absolute atomic E-state index is 0.0829. The van der Waals surface area contributed by atoms with Gasteiger partial charge in [-0.2, -0.15) is 0 Å². The van der Waals surface area contributed by atoms with Crippen LogP contribution in [-0.4, -0.2) is 26.2 Å². The van der Waals surface area contributed by atoms with Gasteiger partial charge in [-0.15, -0.1) is 0 Å². The van der Waals surface area contributed by atoms with Crippen LogP contribution in [0.1, 0.15) is 23.7 Å². The fourth-order valence-electron chi connectivity index (χ4n) is 3.93. The van der Waals surface area contributed by atoms with Crippen molar-refractivity contribution in [1.29, 1.82) is 0 Å². The Bertz CT molecular complexity index is 1470. The summed E-state index contributed by atoms with van der Waals surface area (Å²) in [6.07, 6.45) is 0.245. The van der Waals surface area contributed by atoms with Crippen molar-refractivity contribution in [3.05, 3.63) is 78.4 Å². The van der Waals surface area contributed by atoms with Crippen molar-refractivity contribution in [2.45, 2.75) is 19.9 Å². The number of Topliss-reactive ketones (excluding diaryl/α,β-unsaturated/α-hetero) is 1. The maximum absolute atomic E-state index is 12.7. The first-order valence-electron chi connectivity index (χ1n) is 10.2. The zero-order valence-corrected chi connectivity index (χ0v) is 17.0. The highest BCUT2D eigenvalue weighted by molar-refractivity contribution is 6.07. The lowest BCUT2D eigenvalue weighted by atomic mass is 10.1. The number of nitrogens with one attached hydrogen (secondary N) is 1. The highest BCUT2D eigenvalue weighted by Crippen LogP contribution is 2.28. The van der Waals surface area contributed by atoms with Gasteiger partial charge in [-0.1, -0.05) is 42.5 Å². The van der Waals surface area contributed by atoms with Gasteiger partial charge in [0.25, 0.3) is 0 Å². The first kappa shape index (κ1) is 18.9. The van der Waals surface area contributed by atoms with Gasteiger partial charge in [0.2, 0.25) is 5.91 Å². The number of rotatable bonds is 5. The molecule has 5 rings (SSSR count). The zero-order chi connectivity index (χ0) is 21.4. The summed E-state index contributed by atoms with van der Waals surface area (Å²) in [5.74, 6) is -0.242. The van der Waals surface area contributed by atoms with E-state index < -0.39 is 0 Å². The van der Waals surface area contributed by atoms with Crippen LogP contribution in [0.4, 0.5) is 5.69 Å². The van der Waals surface area contributed by atoms with E-state index in [-0.39, 0.29) is 18.1 Å². The van der Waals surface area contributed by atoms with E-state index in [0.717, 1.165) is 33.1 Å². The van der Waals surface area contributed by atoms with E-state index in [1.807, 2.05) is 53.1 Å². The minimum atomic E-state index is -0.159. The minimum Gasteiger partial charge on any atom is -0.325 e. The number of aromatic nitrogens is 3. The molecular weight excluding hydrogens is 388 g/mol. The maximum Gasteiger partial charge on any atom is 0.226 e. The van der Waals surface area contributed by atoms with Crippen LogP contribution in [0.5, 0.6) is 0 Å². The molecule has 6 nitrogen and oxygen atoms in total. The molecule has 2 aromatic heterocycles. The molecular formula is C25H20N4O2. The lowest BCUT2D eigenvalue weighted by Crippen LogP contribution is -2.16. The van der Waals surface area contributed by atoms with E-state index >= 15 is 0 Å². The zero-order valence-electron chi connectivity index (χ0n) is 17.0. The fraction of sp³-hybridized carbons (Fsp3) is 0.120. The van der Waals surface area contributed by atoms with Crippen molar-refractivity contribution in [2.75, 3.05) is 5.32 Å². The Kier molecular flexibility index (Phi) is 4.67. The third kappa shape index (κ3) is 3.42. The van der Waals surface area contributed by atoms with E-state index in [2.05, 4.69) is 5.32 Å². The van der Waals surface area contributed by atoms with Crippen molar-refractivity contribution in [3.63, 3.8) is 0 Å². The summed E-state index contributed by atoms with van der Waals surface area (Å²) in [5.41, 5.74) is 5.28. The molecule has 0 fully saturated rings. The van der Waals surface area contributed by atoms with Gasteiger partial charge < -0.3 is 9.88 Å². The first-order valence-corrected chi connectivity index (χ1v) is 10.2. The van der Waals surface area contributed by atoms with Gasteiger partial charge in [0.15, 0.2) is 11.4 Å². The van der Waals surface area contributed by atoms with E-state index in [0.29, 0.717) is 17.8 Å². The average Bonchev–Trinajstić information content (AvgIpc) is 3.09. The van der Waals surface area contributed by atoms with Gasteiger partial charge in [-0.3, -0.25) is 9.59 Å². The molecule has 0 atom stereocenters. The Hall–Kier alpha value is -4.06. The van der Waals surface area contributed by atoms with E-state index in [1.54, 1.807) is 24.3 Å². The summed E-state index contributed by atoms with van der Waals surface area (Å²) >= 11 is 0. The first-order chi connectivity index (χ1) is 15.1. The maximum atomic E-state index is 12.7. The summed E-state index contributed by atoms with van der Waals surface area (Å²) < 4.78 is 2.04. The molecule has 3 aromatic carbocycles. The van der Waals surface area contributed by atoms with Crippen LogP contribution in [0.2, 0.25) is 0 Å². The summed E-state index contributed by atoms with van der Waals surface area (Å²) in [7, 11) is 0. The second-order valence-corrected chi connectivity index (χ2v) is 7.45. The molecule has 152 valence electrons. The Morgan fingerprint density at radius 2 is 1.55 bits per heavy atom. The Morgan fingerprint density at radius 3 is 2.35 bits per heavy atom. The van der Waals surface area contributed by atoms with Crippen molar-refractivity contribution in [3.8, 4) is 0 Å². The number of carbonyl (C=O) groups excluding carboxylic acids is 2. The van der Waals surface area contributed by atoms with Crippen LogP contribution in [-0.2, 0) is 11.3 Å². The Labute approximate surface area is 178 Å². The van der Waals surface area contributed by atoms with Crippen LogP contribution in [0.15, 0.2) is 72.8 Å². The molecule has 0 radical (unpaired) electrons. The molecule has 0 saturated carbocycles. The van der Waals surface area contributed by atoms with Gasteiger partial charge in [-0.05, 0) is 37.3 Å². The Morgan fingerprint density at radius 1 is 0.871 bits per heavy atom. The third-order valence-electron chi connectivity index (χ3n) is 5.40. The van der Waals surface area contributed by atoms with Crippen LogP contribution in [0, 0.1) is 0 Å². The van der Waals surface area contributed by atoms with Crippen LogP contribution >= 0.6 is 0 Å². The van der Waals surface area contributed by atoms with E-state index in [1.165, 1.54) is 6.92 Å². The Balaban J connectivity index is 1.49. The highest BCUT2D eigenvalue weighted by Gasteiger charge is 2.16. The molecule has 0 saturated heterocycles. The molecule has 0 spiro atoms. The fourth-order valence-corrected chi connectivity index (χ4v) is 3.93. The van der Waals surface area contributed by atoms with Crippen LogP contribution in [0.3, 0.4) is 0 Å². The van der Waals surface area contributed by atoms with Crippen LogP contribution in [0.25, 0.3) is 33.1 Å². The number of nitrogens with zero attached hydrogens (tertiary/aromatic N) is 3. The number of ketones is 1. The van der Waals surface area contributed by atoms with Crippen molar-refractivity contribution < 1.29 is 9.59 Å². The lowest BCUT2D eigenvalue weighted by molar-refractivity contribution is -0.116. The monoisotopic (exact) mass is 408 g/mol. The summed E-state index contributed by atoms with van der Waals surface area (Å²) in [6, 6.07) is 22.8. The number of hydrogen-bond acceptors (Lipinski definition) is 4. The van der Waals surface area contributed by atoms with Gasteiger partial charge in [-0.25, -0.2) is 9.97 Å². The number of carbonyl (C=O) groups is 2. The topological polar surface area (TPSA) is 76.9 Å². The SMILES string of the molecule is CC(=O)c1ccccc1NC(=O)CCn1c2ccccc2c2nc3ccccc3nc21. The quantitative estimate of drug-likeness (QED) is 0.417. The molecule has 1 amide bonds. The predicted octanol–water partition coefficient (Wildman–Crippen LogP) is 4.97. The standard InChI is InChI=1S/C25H20N4O2/c1-16(30)17-8-2-4-10-19(17)26-23(31)14-15-29-22-13-7-3-9-18(22)24-25(29)28-21-12-6-5-11-20(21)27-24/h2-13H,14-15H2,1H3,(H,26,31). The molecule has 1 N–H and O–H groups in total. The van der Waals surface area contributed by atoms with Crippen LogP contribution < -0.4 is 5.32 Å². The largest absolute Gasteiger partial charge is 0.325 e. The molecule has 0 aliphatic carbocycles. The molecule has 0 bridgehead atoms. The number of para-hydroxylation sites is 4. The highest BCUT2D eigenvalue weighted by atomic mass is 16.1. The second-order valence-electron chi connectivity index (χ2n) is 7.45. The van der Waals surface area contributed by atoms with Crippen molar-refractivity contribution >= 4 is 50.5 Å². The third-order valence-corrected chi connectivity index (χ3v) is 5.40. The number of amides is 1. The van der Waals surface area contributed by atoms with E-state index in [9.17, 15) is 9.59 Å². The summed E-state index contributed by atoms with van der Waals surface area (Å²) in [4.78, 5) is 34.2. The van der Waals surface area contributed by atoms with Gasteiger partial charge >= 0.3 is 0 Å². The molecule has 2 heterocycles. The summed E-state index contributed by atoms with van der Waals surface area (Å²) in [5, 5.41) is 3.88.